The minimum Gasteiger partial charge on any atom is -0.481 e. The molecule has 2 bridgehead atoms. The maximum Gasteiger partial charge on any atom is 0.307 e. The van der Waals surface area contributed by atoms with Gasteiger partial charge < -0.3 is 5.11 Å². The van der Waals surface area contributed by atoms with Crippen LogP contribution in [-0.2, 0) is 4.79 Å². The summed E-state index contributed by atoms with van der Waals surface area (Å²) < 4.78 is 0. The molecule has 0 saturated heterocycles. The molecule has 0 aromatic heterocycles. The number of hydrogen-bond donors (Lipinski definition) is 1. The summed E-state index contributed by atoms with van der Waals surface area (Å²) in [6.45, 7) is 0. The molecular formula is C10H12O2. The van der Waals surface area contributed by atoms with Crippen LogP contribution in [0.3, 0.4) is 0 Å². The second-order valence-corrected chi connectivity index (χ2v) is 4.43. The van der Waals surface area contributed by atoms with Crippen LogP contribution in [0, 0.1) is 23.2 Å². The van der Waals surface area contributed by atoms with Crippen molar-refractivity contribution in [2.45, 2.75) is 19.3 Å². The van der Waals surface area contributed by atoms with Crippen LogP contribution in [0.1, 0.15) is 19.3 Å². The Balaban J connectivity index is 1.97. The van der Waals surface area contributed by atoms with Crippen molar-refractivity contribution < 1.29 is 9.90 Å². The van der Waals surface area contributed by atoms with Crippen LogP contribution in [0.4, 0.5) is 0 Å². The van der Waals surface area contributed by atoms with Crippen molar-refractivity contribution in [1.82, 2.24) is 0 Å². The van der Waals surface area contributed by atoms with Crippen molar-refractivity contribution in [3.8, 4) is 0 Å². The Bertz CT molecular complexity index is 276. The van der Waals surface area contributed by atoms with Gasteiger partial charge in [-0.05, 0) is 36.5 Å². The van der Waals surface area contributed by atoms with E-state index in [2.05, 4.69) is 12.2 Å². The molecule has 2 saturated carbocycles. The van der Waals surface area contributed by atoms with Crippen LogP contribution in [0.2, 0.25) is 0 Å². The zero-order valence-corrected chi connectivity index (χ0v) is 6.86. The topological polar surface area (TPSA) is 37.3 Å². The van der Waals surface area contributed by atoms with E-state index >= 15 is 0 Å². The van der Waals surface area contributed by atoms with Crippen molar-refractivity contribution in [3.63, 3.8) is 0 Å². The highest BCUT2D eigenvalue weighted by atomic mass is 16.4. The standard InChI is InChI=1S/C10H12O2/c11-9(12)7-5-6-1-2-8(7)10(6)3-4-10/h1-2,6-8H,3-5H2,(H,11,12)/t6-,7+,8-/m0/s1. The first-order chi connectivity index (χ1) is 5.74. The summed E-state index contributed by atoms with van der Waals surface area (Å²) in [5, 5.41) is 8.96. The van der Waals surface area contributed by atoms with Gasteiger partial charge in [0.2, 0.25) is 0 Å². The number of carboxylic acids is 1. The molecule has 0 aromatic rings. The third kappa shape index (κ3) is 0.563. The molecule has 64 valence electrons. The summed E-state index contributed by atoms with van der Waals surface area (Å²) in [5.74, 6) is 0.323. The van der Waals surface area contributed by atoms with E-state index in [-0.39, 0.29) is 5.92 Å². The summed E-state index contributed by atoms with van der Waals surface area (Å²) in [7, 11) is 0. The number of aliphatic carboxylic acids is 1. The molecule has 1 N–H and O–H groups in total. The number of rotatable bonds is 1. The van der Waals surface area contributed by atoms with E-state index in [9.17, 15) is 4.79 Å². The largest absolute Gasteiger partial charge is 0.481 e. The predicted molar refractivity (Wildman–Crippen MR) is 43.5 cm³/mol. The van der Waals surface area contributed by atoms with E-state index in [1.54, 1.807) is 0 Å². The van der Waals surface area contributed by atoms with Crippen molar-refractivity contribution in [2.75, 3.05) is 0 Å². The lowest BCUT2D eigenvalue weighted by molar-refractivity contribution is -0.142. The molecule has 2 heteroatoms. The van der Waals surface area contributed by atoms with Gasteiger partial charge in [0.25, 0.3) is 0 Å². The molecule has 2 fully saturated rings. The zero-order valence-electron chi connectivity index (χ0n) is 6.86. The van der Waals surface area contributed by atoms with Crippen molar-refractivity contribution in [3.05, 3.63) is 12.2 Å². The molecule has 0 heterocycles. The Morgan fingerprint density at radius 1 is 1.42 bits per heavy atom. The fraction of sp³-hybridized carbons (Fsp3) is 0.700. The van der Waals surface area contributed by atoms with Gasteiger partial charge in [-0.1, -0.05) is 12.2 Å². The lowest BCUT2D eigenvalue weighted by Crippen LogP contribution is -2.20. The van der Waals surface area contributed by atoms with Gasteiger partial charge in [-0.15, -0.1) is 0 Å². The predicted octanol–water partition coefficient (Wildman–Crippen LogP) is 1.67. The maximum absolute atomic E-state index is 10.9. The Hall–Kier alpha value is -0.790. The second-order valence-electron chi connectivity index (χ2n) is 4.43. The van der Waals surface area contributed by atoms with E-state index in [1.807, 2.05) is 0 Å². The third-order valence-corrected chi connectivity index (χ3v) is 4.04. The van der Waals surface area contributed by atoms with E-state index < -0.39 is 5.97 Å². The van der Waals surface area contributed by atoms with Crippen LogP contribution in [-0.4, -0.2) is 11.1 Å². The molecular weight excluding hydrogens is 152 g/mol. The molecule has 3 aliphatic carbocycles. The highest BCUT2D eigenvalue weighted by Gasteiger charge is 2.64. The van der Waals surface area contributed by atoms with Crippen LogP contribution in [0.15, 0.2) is 12.2 Å². The van der Waals surface area contributed by atoms with Crippen LogP contribution < -0.4 is 0 Å². The van der Waals surface area contributed by atoms with Crippen LogP contribution >= 0.6 is 0 Å². The van der Waals surface area contributed by atoms with E-state index in [0.29, 0.717) is 17.3 Å². The van der Waals surface area contributed by atoms with E-state index in [0.717, 1.165) is 6.42 Å². The smallest absolute Gasteiger partial charge is 0.307 e. The molecule has 0 aromatic carbocycles. The molecule has 12 heavy (non-hydrogen) atoms. The molecule has 3 atom stereocenters. The first-order valence-electron chi connectivity index (χ1n) is 4.65. The fourth-order valence-electron chi connectivity index (χ4n) is 3.26. The summed E-state index contributed by atoms with van der Waals surface area (Å²) in [5.41, 5.74) is 0.434. The fourth-order valence-corrected chi connectivity index (χ4v) is 3.26. The van der Waals surface area contributed by atoms with Gasteiger partial charge in [-0.25, -0.2) is 0 Å². The Kier molecular flexibility index (Phi) is 0.980. The SMILES string of the molecule is O=C(O)[C@@H]1C[C@@H]2C=C[C@@H]1C21CC1. The molecule has 0 amide bonds. The Labute approximate surface area is 71.3 Å². The highest BCUT2D eigenvalue weighted by Crippen LogP contribution is 2.70. The Morgan fingerprint density at radius 2 is 2.17 bits per heavy atom. The van der Waals surface area contributed by atoms with Crippen molar-refractivity contribution in [1.29, 1.82) is 0 Å². The van der Waals surface area contributed by atoms with Crippen LogP contribution in [0.5, 0.6) is 0 Å². The first-order valence-corrected chi connectivity index (χ1v) is 4.65. The number of allylic oxidation sites excluding steroid dienone is 2. The summed E-state index contributed by atoms with van der Waals surface area (Å²) in [6.07, 6.45) is 7.83. The lowest BCUT2D eigenvalue weighted by atomic mass is 9.89. The molecule has 0 radical (unpaired) electrons. The Morgan fingerprint density at radius 3 is 2.58 bits per heavy atom. The van der Waals surface area contributed by atoms with Crippen LogP contribution in [0.25, 0.3) is 0 Å². The van der Waals surface area contributed by atoms with Gasteiger partial charge >= 0.3 is 5.97 Å². The molecule has 2 nitrogen and oxygen atoms in total. The number of hydrogen-bond acceptors (Lipinski definition) is 1. The third-order valence-electron chi connectivity index (χ3n) is 4.04. The molecule has 3 rings (SSSR count). The molecule has 0 unspecified atom stereocenters. The van der Waals surface area contributed by atoms with E-state index in [1.165, 1.54) is 12.8 Å². The van der Waals surface area contributed by atoms with Gasteiger partial charge in [-0.3, -0.25) is 4.79 Å². The highest BCUT2D eigenvalue weighted by molar-refractivity contribution is 5.72. The van der Waals surface area contributed by atoms with Gasteiger partial charge in [0.15, 0.2) is 0 Å². The average Bonchev–Trinajstić information content (AvgIpc) is 2.69. The average molecular weight is 164 g/mol. The van der Waals surface area contributed by atoms with Gasteiger partial charge in [0.05, 0.1) is 5.92 Å². The van der Waals surface area contributed by atoms with Gasteiger partial charge in [0, 0.05) is 0 Å². The summed E-state index contributed by atoms with van der Waals surface area (Å²) >= 11 is 0. The quantitative estimate of drug-likeness (QED) is 0.598. The molecule has 0 aliphatic heterocycles. The zero-order chi connectivity index (χ0) is 8.34. The number of carbonyl (C=O) groups is 1. The number of carboxylic acid groups (broad SMARTS) is 1. The molecule has 3 aliphatic rings. The van der Waals surface area contributed by atoms with Gasteiger partial charge in [-0.2, -0.15) is 0 Å². The van der Waals surface area contributed by atoms with E-state index in [4.69, 9.17) is 5.11 Å². The minimum atomic E-state index is -0.585. The van der Waals surface area contributed by atoms with Crippen molar-refractivity contribution >= 4 is 5.97 Å². The minimum absolute atomic E-state index is 0.0671. The maximum atomic E-state index is 10.9. The summed E-state index contributed by atoms with van der Waals surface area (Å²) in [4.78, 5) is 10.9. The normalized spacial score (nSPS) is 45.5. The first kappa shape index (κ1) is 6.70. The monoisotopic (exact) mass is 164 g/mol. The molecule has 1 spiro atoms. The van der Waals surface area contributed by atoms with Crippen molar-refractivity contribution in [2.24, 2.45) is 23.2 Å². The second kappa shape index (κ2) is 1.76. The summed E-state index contributed by atoms with van der Waals surface area (Å²) in [6, 6.07) is 0. The lowest BCUT2D eigenvalue weighted by Gasteiger charge is -2.14. The van der Waals surface area contributed by atoms with Gasteiger partial charge in [0.1, 0.15) is 0 Å².